The Bertz CT molecular complexity index is 4300. The maximum Gasteiger partial charge on any atom is 0.0725 e. The van der Waals surface area contributed by atoms with E-state index in [-0.39, 0.29) is 5.41 Å². The van der Waals surface area contributed by atoms with Gasteiger partial charge in [0.15, 0.2) is 0 Å². The molecule has 0 N–H and O–H groups in total. The number of fused-ring (bicyclic) bond motifs is 15. The number of rotatable bonds is 5. The Morgan fingerprint density at radius 2 is 0.708 bits per heavy atom. The van der Waals surface area contributed by atoms with Gasteiger partial charge in [0.1, 0.15) is 0 Å². The van der Waals surface area contributed by atoms with Crippen molar-refractivity contribution in [2.75, 3.05) is 0 Å². The number of benzene rings is 13. The fourth-order valence-corrected chi connectivity index (χ4v) is 13.6. The lowest BCUT2D eigenvalue weighted by Gasteiger charge is -2.35. The summed E-state index contributed by atoms with van der Waals surface area (Å²) in [7, 11) is 0. The van der Waals surface area contributed by atoms with Gasteiger partial charge in [-0.1, -0.05) is 250 Å². The zero-order chi connectivity index (χ0) is 47.7. The highest BCUT2D eigenvalue weighted by Gasteiger charge is 2.49. The zero-order valence-corrected chi connectivity index (χ0v) is 40.2. The van der Waals surface area contributed by atoms with Gasteiger partial charge in [-0.15, -0.1) is 0 Å². The van der Waals surface area contributed by atoms with Crippen LogP contribution in [0.1, 0.15) is 47.2 Å². The fourth-order valence-electron chi connectivity index (χ4n) is 13.6. The Morgan fingerprint density at radius 1 is 0.250 bits per heavy atom. The first-order valence-electron chi connectivity index (χ1n) is 25.4. The summed E-state index contributed by atoms with van der Waals surface area (Å²) in [5.74, 6) is 0. The minimum atomic E-state index is -0.576. The summed E-state index contributed by atoms with van der Waals surface area (Å²) in [6.45, 7) is 4.75. The molecular weight excluding hydrogens is 865 g/mol. The van der Waals surface area contributed by atoms with Gasteiger partial charge in [0.2, 0.25) is 0 Å². The molecule has 0 bridgehead atoms. The van der Waals surface area contributed by atoms with Crippen LogP contribution in [-0.4, -0.2) is 0 Å². The highest BCUT2D eigenvalue weighted by atomic mass is 14.5. The van der Waals surface area contributed by atoms with Crippen LogP contribution < -0.4 is 0 Å². The first-order chi connectivity index (χ1) is 35.5. The molecule has 2 aliphatic carbocycles. The highest BCUT2D eigenvalue weighted by molar-refractivity contribution is 6.23. The van der Waals surface area contributed by atoms with E-state index in [9.17, 15) is 0 Å². The van der Waals surface area contributed by atoms with Crippen molar-refractivity contribution in [3.63, 3.8) is 0 Å². The predicted octanol–water partition coefficient (Wildman–Crippen LogP) is 19.1. The molecule has 0 aliphatic heterocycles. The van der Waals surface area contributed by atoms with Gasteiger partial charge in [-0.3, -0.25) is 0 Å². The van der Waals surface area contributed by atoms with Crippen molar-refractivity contribution in [1.82, 2.24) is 0 Å². The van der Waals surface area contributed by atoms with Crippen LogP contribution in [0, 0.1) is 0 Å². The summed E-state index contributed by atoms with van der Waals surface area (Å²) in [5.41, 5.74) is 20.2. The van der Waals surface area contributed by atoms with Gasteiger partial charge in [-0.05, 0) is 161 Å². The summed E-state index contributed by atoms with van der Waals surface area (Å²) >= 11 is 0. The smallest absolute Gasteiger partial charge is 0.0622 e. The van der Waals surface area contributed by atoms with E-state index < -0.39 is 5.41 Å². The van der Waals surface area contributed by atoms with Gasteiger partial charge >= 0.3 is 0 Å². The second-order valence-corrected chi connectivity index (χ2v) is 20.6. The van der Waals surface area contributed by atoms with Crippen LogP contribution in [0.4, 0.5) is 0 Å². The normalized spacial score (nSPS) is 13.9. The first-order valence-corrected chi connectivity index (χ1v) is 25.4. The minimum absolute atomic E-state index is 0.0849. The summed E-state index contributed by atoms with van der Waals surface area (Å²) < 4.78 is 0. The summed E-state index contributed by atoms with van der Waals surface area (Å²) in [6, 6.07) is 96.2. The van der Waals surface area contributed by atoms with Gasteiger partial charge < -0.3 is 0 Å². The topological polar surface area (TPSA) is 0 Å². The Hall–Kier alpha value is -8.84. The van der Waals surface area contributed by atoms with Crippen LogP contribution in [0.15, 0.2) is 255 Å². The fraction of sp³-hybridized carbons (Fsp3) is 0.0556. The van der Waals surface area contributed by atoms with Gasteiger partial charge in [-0.25, -0.2) is 0 Å². The molecule has 0 heterocycles. The lowest BCUT2D eigenvalue weighted by Crippen LogP contribution is -2.29. The van der Waals surface area contributed by atoms with Crippen molar-refractivity contribution in [1.29, 1.82) is 0 Å². The van der Waals surface area contributed by atoms with Gasteiger partial charge in [0.05, 0.1) is 5.41 Å². The molecule has 0 saturated carbocycles. The van der Waals surface area contributed by atoms with Crippen LogP contribution >= 0.6 is 0 Å². The van der Waals surface area contributed by atoms with E-state index in [0.29, 0.717) is 0 Å². The van der Waals surface area contributed by atoms with E-state index in [1.807, 2.05) is 0 Å². The summed E-state index contributed by atoms with van der Waals surface area (Å²) in [4.78, 5) is 0. The largest absolute Gasteiger partial charge is 0.0725 e. The average Bonchev–Trinajstić information content (AvgIpc) is 3.89. The van der Waals surface area contributed by atoms with E-state index in [0.717, 1.165) is 0 Å². The van der Waals surface area contributed by atoms with Crippen molar-refractivity contribution >= 4 is 53.9 Å². The van der Waals surface area contributed by atoms with Crippen molar-refractivity contribution in [2.45, 2.75) is 24.7 Å². The van der Waals surface area contributed by atoms with Crippen molar-refractivity contribution in [2.24, 2.45) is 0 Å². The standard InChI is InChI=1S/C72H48/c1-71(2)64-35-18-17-28-55(64)56-40-38-49(44-65(56)71)67-60-32-14-12-30-58(60)66(59-31-13-15-33-61(59)67)48-21-19-20-45(43-48)46-36-39-52-47(42-46)37-41-63-68-57-29-11-9-26-53(57)54-27-10-16-34-62(54)70(68)72(69(52)63,50-22-5-3-6-23-50)51-24-7-4-8-25-51/h3-44H,1-2H3. The second-order valence-electron chi connectivity index (χ2n) is 20.6. The van der Waals surface area contributed by atoms with Crippen LogP contribution in [0.2, 0.25) is 0 Å². The van der Waals surface area contributed by atoms with Crippen LogP contribution in [-0.2, 0) is 10.8 Å². The monoisotopic (exact) mass is 912 g/mol. The molecule has 0 aromatic heterocycles. The molecule has 0 nitrogen and oxygen atoms in total. The minimum Gasteiger partial charge on any atom is -0.0622 e. The van der Waals surface area contributed by atoms with Crippen molar-refractivity contribution in [3.8, 4) is 55.6 Å². The van der Waals surface area contributed by atoms with E-state index in [4.69, 9.17) is 0 Å². The SMILES string of the molecule is CC1(C)c2ccccc2-c2ccc(-c3c4ccccc4c(-c4cccc(-c5ccc6c7c(ccc6c5)-c5c(c6ccccc6c6ccccc56)C7(c5ccccc5)c5ccccc5)c4)c4ccccc34)cc21. The quantitative estimate of drug-likeness (QED) is 0.119. The third-order valence-corrected chi connectivity index (χ3v) is 16.7. The zero-order valence-electron chi connectivity index (χ0n) is 40.2. The number of hydrogen-bond donors (Lipinski definition) is 0. The lowest BCUT2D eigenvalue weighted by molar-refractivity contribution is 0.660. The van der Waals surface area contributed by atoms with Gasteiger partial charge in [0.25, 0.3) is 0 Å². The molecule has 336 valence electrons. The maximum absolute atomic E-state index is 2.48. The molecule has 0 heteroatoms. The molecule has 0 fully saturated rings. The molecule has 0 radical (unpaired) electrons. The molecule has 2 aliphatic rings. The Balaban J connectivity index is 0.927. The Labute approximate surface area is 420 Å². The molecule has 0 spiro atoms. The van der Waals surface area contributed by atoms with Gasteiger partial charge in [-0.2, -0.15) is 0 Å². The molecule has 72 heavy (non-hydrogen) atoms. The third kappa shape index (κ3) is 5.58. The number of hydrogen-bond acceptors (Lipinski definition) is 0. The summed E-state index contributed by atoms with van der Waals surface area (Å²) in [5, 5.41) is 12.7. The van der Waals surface area contributed by atoms with Crippen molar-refractivity contribution in [3.05, 3.63) is 288 Å². The average molecular weight is 913 g/mol. The van der Waals surface area contributed by atoms with E-state index >= 15 is 0 Å². The van der Waals surface area contributed by atoms with Crippen LogP contribution in [0.3, 0.4) is 0 Å². The molecule has 0 unspecified atom stereocenters. The maximum atomic E-state index is 2.48. The van der Waals surface area contributed by atoms with E-state index in [2.05, 4.69) is 269 Å². The molecule has 0 atom stereocenters. The highest BCUT2D eigenvalue weighted by Crippen LogP contribution is 2.62. The Morgan fingerprint density at radius 3 is 1.35 bits per heavy atom. The first kappa shape index (κ1) is 41.0. The van der Waals surface area contributed by atoms with Crippen LogP contribution in [0.5, 0.6) is 0 Å². The van der Waals surface area contributed by atoms with E-state index in [1.165, 1.54) is 143 Å². The summed E-state index contributed by atoms with van der Waals surface area (Å²) in [6.07, 6.45) is 0. The molecular formula is C72H48. The third-order valence-electron chi connectivity index (χ3n) is 16.7. The molecule has 0 saturated heterocycles. The molecule has 0 amide bonds. The van der Waals surface area contributed by atoms with E-state index in [1.54, 1.807) is 0 Å². The second kappa shape index (κ2) is 15.3. The van der Waals surface area contributed by atoms with Crippen LogP contribution in [0.25, 0.3) is 109 Å². The molecule has 13 aromatic rings. The van der Waals surface area contributed by atoms with Gasteiger partial charge in [0, 0.05) is 5.41 Å². The molecule has 15 rings (SSSR count). The predicted molar refractivity (Wildman–Crippen MR) is 305 cm³/mol. The van der Waals surface area contributed by atoms with Crippen molar-refractivity contribution < 1.29 is 0 Å². The molecule has 13 aromatic carbocycles. The lowest BCUT2D eigenvalue weighted by atomic mass is 9.65. The Kier molecular flexibility index (Phi) is 8.73.